The van der Waals surface area contributed by atoms with Crippen molar-refractivity contribution in [3.05, 3.63) is 52.8 Å². The van der Waals surface area contributed by atoms with Gasteiger partial charge in [-0.2, -0.15) is 0 Å². The van der Waals surface area contributed by atoms with E-state index in [4.69, 9.17) is 5.73 Å². The summed E-state index contributed by atoms with van der Waals surface area (Å²) in [7, 11) is 0. The van der Waals surface area contributed by atoms with E-state index >= 15 is 0 Å². The molecule has 3 rings (SSSR count). The molecule has 1 unspecified atom stereocenters. The van der Waals surface area contributed by atoms with E-state index < -0.39 is 0 Å². The van der Waals surface area contributed by atoms with Crippen LogP contribution in [0.4, 0.5) is 0 Å². The zero-order valence-electron chi connectivity index (χ0n) is 16.4. The molecule has 1 amide bonds. The average Bonchev–Trinajstić information content (AvgIpc) is 2.85. The van der Waals surface area contributed by atoms with Gasteiger partial charge in [0.05, 0.1) is 5.56 Å². The number of carbonyl (C=O) groups excluding carboxylic acids is 1. The molecule has 4 nitrogen and oxygen atoms in total. The predicted molar refractivity (Wildman–Crippen MR) is 110 cm³/mol. The highest BCUT2D eigenvalue weighted by Gasteiger charge is 2.36. The lowest BCUT2D eigenvalue weighted by atomic mass is 9.79. The minimum Gasteiger partial charge on any atom is -0.338 e. The van der Waals surface area contributed by atoms with Crippen molar-refractivity contribution in [2.24, 2.45) is 11.1 Å². The van der Waals surface area contributed by atoms with Crippen LogP contribution in [0, 0.1) is 26.2 Å². The number of benzene rings is 1. The highest BCUT2D eigenvalue weighted by molar-refractivity contribution is 5.96. The lowest BCUT2D eigenvalue weighted by Gasteiger charge is -2.42. The van der Waals surface area contributed by atoms with Gasteiger partial charge >= 0.3 is 0 Å². The Hall–Kier alpha value is -1.78. The van der Waals surface area contributed by atoms with Crippen molar-refractivity contribution in [3.63, 3.8) is 0 Å². The molecular weight excluding hydrogens is 346 g/mol. The van der Waals surface area contributed by atoms with Crippen LogP contribution in [0.1, 0.15) is 47.6 Å². The van der Waals surface area contributed by atoms with E-state index in [1.54, 1.807) is 0 Å². The molecule has 2 aromatic rings. The molecule has 1 aliphatic rings. The number of halogens is 1. The number of para-hydroxylation sites is 1. The van der Waals surface area contributed by atoms with Crippen LogP contribution in [-0.4, -0.2) is 34.5 Å². The molecule has 1 aromatic heterocycles. The molecule has 2 heterocycles. The third kappa shape index (κ3) is 3.53. The second-order valence-corrected chi connectivity index (χ2v) is 8.02. The number of hydrogen-bond donors (Lipinski definition) is 1. The molecule has 26 heavy (non-hydrogen) atoms. The standard InChI is InChI=1S/C21H29N3O.ClH/c1-14-8-6-7-9-18(14)24-15(2)12-17(16(24)3)20(25)23-11-10-19(22)21(4,5)13-23;/h6-9,12,19H,10-11,13,22H2,1-5H3;1H. The van der Waals surface area contributed by atoms with E-state index in [0.29, 0.717) is 6.54 Å². The van der Waals surface area contributed by atoms with Gasteiger partial charge < -0.3 is 15.2 Å². The predicted octanol–water partition coefficient (Wildman–Crippen LogP) is 4.02. The van der Waals surface area contributed by atoms with E-state index in [1.165, 1.54) is 5.56 Å². The van der Waals surface area contributed by atoms with E-state index in [1.807, 2.05) is 30.0 Å². The first-order valence-corrected chi connectivity index (χ1v) is 9.02. The van der Waals surface area contributed by atoms with Crippen LogP contribution < -0.4 is 5.73 Å². The summed E-state index contributed by atoms with van der Waals surface area (Å²) in [6.07, 6.45) is 0.856. The summed E-state index contributed by atoms with van der Waals surface area (Å²) in [6.45, 7) is 11.9. The number of carbonyl (C=O) groups is 1. The first-order valence-electron chi connectivity index (χ1n) is 9.02. The summed E-state index contributed by atoms with van der Waals surface area (Å²) in [6, 6.07) is 10.5. The third-order valence-electron chi connectivity index (χ3n) is 5.62. The topological polar surface area (TPSA) is 51.3 Å². The minimum absolute atomic E-state index is 0. The number of likely N-dealkylation sites (tertiary alicyclic amines) is 1. The molecule has 5 heteroatoms. The van der Waals surface area contributed by atoms with Crippen LogP contribution in [0.25, 0.3) is 5.69 Å². The highest BCUT2D eigenvalue weighted by atomic mass is 35.5. The number of piperidine rings is 1. The van der Waals surface area contributed by atoms with Crippen LogP contribution in [0.2, 0.25) is 0 Å². The maximum absolute atomic E-state index is 13.2. The summed E-state index contributed by atoms with van der Waals surface area (Å²) in [5, 5.41) is 0. The van der Waals surface area contributed by atoms with Crippen molar-refractivity contribution in [1.29, 1.82) is 0 Å². The normalized spacial score (nSPS) is 19.2. The number of hydrogen-bond acceptors (Lipinski definition) is 2. The Morgan fingerprint density at radius 2 is 1.85 bits per heavy atom. The zero-order valence-corrected chi connectivity index (χ0v) is 17.2. The van der Waals surface area contributed by atoms with Crippen LogP contribution in [0.3, 0.4) is 0 Å². The molecule has 0 aliphatic carbocycles. The van der Waals surface area contributed by atoms with E-state index in [-0.39, 0.29) is 29.8 Å². The molecule has 2 N–H and O–H groups in total. The van der Waals surface area contributed by atoms with Crippen molar-refractivity contribution in [2.45, 2.75) is 47.1 Å². The largest absolute Gasteiger partial charge is 0.338 e. The Morgan fingerprint density at radius 1 is 1.19 bits per heavy atom. The zero-order chi connectivity index (χ0) is 18.4. The van der Waals surface area contributed by atoms with Crippen LogP contribution in [0.5, 0.6) is 0 Å². The monoisotopic (exact) mass is 375 g/mol. The molecule has 1 aliphatic heterocycles. The van der Waals surface area contributed by atoms with Crippen LogP contribution >= 0.6 is 12.4 Å². The molecule has 1 aromatic carbocycles. The van der Waals surface area contributed by atoms with Gasteiger partial charge in [0, 0.05) is 36.2 Å². The fourth-order valence-corrected chi connectivity index (χ4v) is 3.88. The quantitative estimate of drug-likeness (QED) is 0.861. The maximum atomic E-state index is 13.2. The number of nitrogens with two attached hydrogens (primary N) is 1. The fourth-order valence-electron chi connectivity index (χ4n) is 3.88. The number of nitrogens with zero attached hydrogens (tertiary/aromatic N) is 2. The summed E-state index contributed by atoms with van der Waals surface area (Å²) in [4.78, 5) is 15.1. The molecule has 142 valence electrons. The average molecular weight is 376 g/mol. The number of aromatic nitrogens is 1. The molecule has 1 saturated heterocycles. The Labute approximate surface area is 162 Å². The summed E-state index contributed by atoms with van der Waals surface area (Å²) in [5.74, 6) is 0.118. The molecule has 0 bridgehead atoms. The molecule has 1 fully saturated rings. The van der Waals surface area contributed by atoms with E-state index in [9.17, 15) is 4.79 Å². The van der Waals surface area contributed by atoms with Gasteiger partial charge in [-0.15, -0.1) is 12.4 Å². The van der Waals surface area contributed by atoms with Gasteiger partial charge in [-0.25, -0.2) is 0 Å². The van der Waals surface area contributed by atoms with E-state index in [0.717, 1.165) is 35.6 Å². The first-order chi connectivity index (χ1) is 11.7. The fraction of sp³-hybridized carbons (Fsp3) is 0.476. The maximum Gasteiger partial charge on any atom is 0.255 e. The van der Waals surface area contributed by atoms with Gasteiger partial charge in [-0.3, -0.25) is 4.79 Å². The highest BCUT2D eigenvalue weighted by Crippen LogP contribution is 2.30. The van der Waals surface area contributed by atoms with Gasteiger partial charge in [0.25, 0.3) is 5.91 Å². The lowest BCUT2D eigenvalue weighted by molar-refractivity contribution is 0.0532. The summed E-state index contributed by atoms with van der Waals surface area (Å²) >= 11 is 0. The van der Waals surface area contributed by atoms with Crippen LogP contribution in [0.15, 0.2) is 30.3 Å². The number of amides is 1. The number of aryl methyl sites for hydroxylation is 2. The van der Waals surface area contributed by atoms with Crippen molar-refractivity contribution in [3.8, 4) is 5.69 Å². The van der Waals surface area contributed by atoms with Crippen molar-refractivity contribution >= 4 is 18.3 Å². The molecular formula is C21H30ClN3O. The Balaban J connectivity index is 0.00000243. The van der Waals surface area contributed by atoms with Gasteiger partial charge in [0.2, 0.25) is 0 Å². The minimum atomic E-state index is -0.0462. The SMILES string of the molecule is Cc1ccccc1-n1c(C)cc(C(=O)N2CCC(N)C(C)(C)C2)c1C.Cl. The van der Waals surface area contributed by atoms with Gasteiger partial charge in [0.1, 0.15) is 0 Å². The number of rotatable bonds is 2. The Bertz CT molecular complexity index is 810. The van der Waals surface area contributed by atoms with Crippen molar-refractivity contribution in [2.75, 3.05) is 13.1 Å². The Morgan fingerprint density at radius 3 is 2.46 bits per heavy atom. The summed E-state index contributed by atoms with van der Waals surface area (Å²) < 4.78 is 2.18. The van der Waals surface area contributed by atoms with Gasteiger partial charge in [-0.1, -0.05) is 32.0 Å². The Kier molecular flexibility index (Phi) is 5.89. The molecule has 0 spiro atoms. The molecule has 0 saturated carbocycles. The third-order valence-corrected chi connectivity index (χ3v) is 5.62. The smallest absolute Gasteiger partial charge is 0.255 e. The van der Waals surface area contributed by atoms with E-state index in [2.05, 4.69) is 44.4 Å². The van der Waals surface area contributed by atoms with Crippen molar-refractivity contribution < 1.29 is 4.79 Å². The second kappa shape index (κ2) is 7.45. The van der Waals surface area contributed by atoms with Crippen LogP contribution in [-0.2, 0) is 0 Å². The summed E-state index contributed by atoms with van der Waals surface area (Å²) in [5.41, 5.74) is 11.4. The second-order valence-electron chi connectivity index (χ2n) is 8.02. The first kappa shape index (κ1) is 20.5. The molecule has 0 radical (unpaired) electrons. The molecule has 1 atom stereocenters. The van der Waals surface area contributed by atoms with Crippen molar-refractivity contribution in [1.82, 2.24) is 9.47 Å². The lowest BCUT2D eigenvalue weighted by Crippen LogP contribution is -2.54. The van der Waals surface area contributed by atoms with Gasteiger partial charge in [-0.05, 0) is 50.3 Å². The van der Waals surface area contributed by atoms with Gasteiger partial charge in [0.15, 0.2) is 0 Å².